The van der Waals surface area contributed by atoms with Gasteiger partial charge in [-0.2, -0.15) is 0 Å². The number of nitrogens with one attached hydrogen (secondary N) is 1. The second-order valence-corrected chi connectivity index (χ2v) is 6.08. The van der Waals surface area contributed by atoms with Crippen LogP contribution in [0.15, 0.2) is 23.1 Å². The topological polar surface area (TPSA) is 30.5 Å². The van der Waals surface area contributed by atoms with Crippen molar-refractivity contribution in [2.75, 3.05) is 26.8 Å². The maximum atomic E-state index is 5.61. The van der Waals surface area contributed by atoms with Gasteiger partial charge in [-0.1, -0.05) is 13.8 Å². The van der Waals surface area contributed by atoms with Crippen LogP contribution < -0.4 is 14.8 Å². The number of fused-ring (bicyclic) bond motifs is 1. The molecule has 4 heteroatoms. The Labute approximate surface area is 113 Å². The smallest absolute Gasteiger partial charge is 0.162 e. The zero-order chi connectivity index (χ0) is 13.0. The molecule has 3 nitrogen and oxygen atoms in total. The molecule has 1 N–H and O–H groups in total. The monoisotopic (exact) mass is 267 g/mol. The lowest BCUT2D eigenvalue weighted by atomic mass is 10.1. The minimum absolute atomic E-state index is 0.567. The van der Waals surface area contributed by atoms with Gasteiger partial charge in [0, 0.05) is 16.7 Å². The number of hydrogen-bond donors (Lipinski definition) is 1. The molecule has 0 aromatic heterocycles. The van der Waals surface area contributed by atoms with E-state index in [2.05, 4.69) is 31.3 Å². The molecule has 1 aliphatic heterocycles. The summed E-state index contributed by atoms with van der Waals surface area (Å²) in [7, 11) is 2.00. The first-order valence-electron chi connectivity index (χ1n) is 6.41. The van der Waals surface area contributed by atoms with Crippen molar-refractivity contribution in [3.63, 3.8) is 0 Å². The number of rotatable bonds is 5. The molecule has 0 amide bonds. The SMILES string of the molecule is CNCC(Sc1ccc2c(c1)OCCO2)C(C)C. The molecule has 1 aliphatic rings. The van der Waals surface area contributed by atoms with Gasteiger partial charge in [-0.15, -0.1) is 11.8 Å². The Morgan fingerprint density at radius 1 is 1.22 bits per heavy atom. The summed E-state index contributed by atoms with van der Waals surface area (Å²) in [5.74, 6) is 2.37. The fourth-order valence-electron chi connectivity index (χ4n) is 1.89. The van der Waals surface area contributed by atoms with Crippen molar-refractivity contribution in [2.24, 2.45) is 5.92 Å². The Morgan fingerprint density at radius 2 is 1.94 bits per heavy atom. The Balaban J connectivity index is 2.08. The van der Waals surface area contributed by atoms with Crippen LogP contribution in [0, 0.1) is 5.92 Å². The molecule has 0 radical (unpaired) electrons. The molecule has 1 atom stereocenters. The van der Waals surface area contributed by atoms with Gasteiger partial charge in [-0.05, 0) is 31.2 Å². The van der Waals surface area contributed by atoms with Gasteiger partial charge in [0.15, 0.2) is 11.5 Å². The molecule has 0 aliphatic carbocycles. The zero-order valence-corrected chi connectivity index (χ0v) is 12.0. The van der Waals surface area contributed by atoms with E-state index in [-0.39, 0.29) is 0 Å². The van der Waals surface area contributed by atoms with Crippen LogP contribution in [0.2, 0.25) is 0 Å². The van der Waals surface area contributed by atoms with Gasteiger partial charge >= 0.3 is 0 Å². The molecular weight excluding hydrogens is 246 g/mol. The van der Waals surface area contributed by atoms with Gasteiger partial charge in [0.25, 0.3) is 0 Å². The summed E-state index contributed by atoms with van der Waals surface area (Å²) >= 11 is 1.90. The fraction of sp³-hybridized carbons (Fsp3) is 0.571. The third-order valence-electron chi connectivity index (χ3n) is 2.95. The molecule has 0 fully saturated rings. The first kappa shape index (κ1) is 13.6. The summed E-state index contributed by atoms with van der Waals surface area (Å²) in [5.41, 5.74) is 0. The summed E-state index contributed by atoms with van der Waals surface area (Å²) in [6.07, 6.45) is 0. The van der Waals surface area contributed by atoms with Crippen molar-refractivity contribution in [3.8, 4) is 11.5 Å². The predicted molar refractivity (Wildman–Crippen MR) is 75.8 cm³/mol. The normalized spacial score (nSPS) is 15.8. The van der Waals surface area contributed by atoms with E-state index in [9.17, 15) is 0 Å². The summed E-state index contributed by atoms with van der Waals surface area (Å²) in [6.45, 7) is 6.82. The second kappa shape index (κ2) is 6.34. The molecule has 0 saturated carbocycles. The van der Waals surface area contributed by atoms with Gasteiger partial charge in [-0.25, -0.2) is 0 Å². The molecule has 100 valence electrons. The summed E-state index contributed by atoms with van der Waals surface area (Å²) < 4.78 is 11.1. The van der Waals surface area contributed by atoms with E-state index in [0.29, 0.717) is 24.4 Å². The molecule has 1 aromatic rings. The fourth-order valence-corrected chi connectivity index (χ4v) is 3.08. The highest BCUT2D eigenvalue weighted by atomic mass is 32.2. The van der Waals surface area contributed by atoms with Crippen LogP contribution in [0.1, 0.15) is 13.8 Å². The van der Waals surface area contributed by atoms with E-state index in [4.69, 9.17) is 9.47 Å². The summed E-state index contributed by atoms with van der Waals surface area (Å²) in [6, 6.07) is 6.21. The molecule has 2 rings (SSSR count). The first-order chi connectivity index (χ1) is 8.70. The number of ether oxygens (including phenoxy) is 2. The maximum Gasteiger partial charge on any atom is 0.162 e. The summed E-state index contributed by atoms with van der Waals surface area (Å²) in [5, 5.41) is 3.82. The maximum absolute atomic E-state index is 5.61. The highest BCUT2D eigenvalue weighted by Gasteiger charge is 2.17. The van der Waals surface area contributed by atoms with Crippen LogP contribution >= 0.6 is 11.8 Å². The highest BCUT2D eigenvalue weighted by Crippen LogP contribution is 2.36. The van der Waals surface area contributed by atoms with E-state index in [1.54, 1.807) is 0 Å². The van der Waals surface area contributed by atoms with Crippen molar-refractivity contribution in [3.05, 3.63) is 18.2 Å². The Hall–Kier alpha value is -0.870. The van der Waals surface area contributed by atoms with Crippen LogP contribution in [0.4, 0.5) is 0 Å². The largest absolute Gasteiger partial charge is 0.486 e. The molecular formula is C14H21NO2S. The Bertz CT molecular complexity index is 395. The lowest BCUT2D eigenvalue weighted by Gasteiger charge is -2.22. The van der Waals surface area contributed by atoms with Crippen LogP contribution in [0.5, 0.6) is 11.5 Å². The average Bonchev–Trinajstić information content (AvgIpc) is 2.38. The third kappa shape index (κ3) is 3.33. The molecule has 0 bridgehead atoms. The molecule has 1 aromatic carbocycles. The third-order valence-corrected chi connectivity index (χ3v) is 4.49. The second-order valence-electron chi connectivity index (χ2n) is 4.76. The van der Waals surface area contributed by atoms with Crippen molar-refractivity contribution >= 4 is 11.8 Å². The number of thioether (sulfide) groups is 1. The number of hydrogen-bond acceptors (Lipinski definition) is 4. The van der Waals surface area contributed by atoms with Crippen molar-refractivity contribution in [1.82, 2.24) is 5.32 Å². The predicted octanol–water partition coefficient (Wildman–Crippen LogP) is 2.79. The molecule has 18 heavy (non-hydrogen) atoms. The molecule has 1 unspecified atom stereocenters. The van der Waals surface area contributed by atoms with Crippen molar-refractivity contribution in [1.29, 1.82) is 0 Å². The van der Waals surface area contributed by atoms with Crippen molar-refractivity contribution in [2.45, 2.75) is 24.0 Å². The van der Waals surface area contributed by atoms with Crippen LogP contribution in [-0.2, 0) is 0 Å². The lowest BCUT2D eigenvalue weighted by molar-refractivity contribution is 0.171. The number of benzene rings is 1. The first-order valence-corrected chi connectivity index (χ1v) is 7.29. The Morgan fingerprint density at radius 3 is 2.61 bits per heavy atom. The molecule has 0 saturated heterocycles. The van der Waals surface area contributed by atoms with Gasteiger partial charge in [0.05, 0.1) is 0 Å². The molecule has 0 spiro atoms. The van der Waals surface area contributed by atoms with Crippen molar-refractivity contribution < 1.29 is 9.47 Å². The average molecular weight is 267 g/mol. The van der Waals surface area contributed by atoms with E-state index < -0.39 is 0 Å². The van der Waals surface area contributed by atoms with E-state index in [1.807, 2.05) is 24.9 Å². The standard InChI is InChI=1S/C14H21NO2S/c1-10(2)14(9-15-3)18-11-4-5-12-13(8-11)17-7-6-16-12/h4-5,8,10,14-15H,6-7,9H2,1-3H3. The zero-order valence-electron chi connectivity index (χ0n) is 11.2. The van der Waals surface area contributed by atoms with E-state index >= 15 is 0 Å². The van der Waals surface area contributed by atoms with Crippen LogP contribution in [-0.4, -0.2) is 32.1 Å². The summed E-state index contributed by atoms with van der Waals surface area (Å²) in [4.78, 5) is 1.24. The van der Waals surface area contributed by atoms with E-state index in [1.165, 1.54) is 4.90 Å². The van der Waals surface area contributed by atoms with Gasteiger partial charge in [0.1, 0.15) is 13.2 Å². The van der Waals surface area contributed by atoms with Gasteiger partial charge in [0.2, 0.25) is 0 Å². The van der Waals surface area contributed by atoms with Gasteiger partial charge in [-0.3, -0.25) is 0 Å². The van der Waals surface area contributed by atoms with Gasteiger partial charge < -0.3 is 14.8 Å². The lowest BCUT2D eigenvalue weighted by Crippen LogP contribution is -2.25. The van der Waals surface area contributed by atoms with E-state index in [0.717, 1.165) is 18.0 Å². The van der Waals surface area contributed by atoms with Crippen LogP contribution in [0.3, 0.4) is 0 Å². The minimum Gasteiger partial charge on any atom is -0.486 e. The molecule has 1 heterocycles. The highest BCUT2D eigenvalue weighted by molar-refractivity contribution is 8.00. The quantitative estimate of drug-likeness (QED) is 0.831. The van der Waals surface area contributed by atoms with Crippen LogP contribution in [0.25, 0.3) is 0 Å². The minimum atomic E-state index is 0.567. The Kier molecular flexibility index (Phi) is 4.78.